The largest absolute Gasteiger partial charge is 0.409 e. The molecule has 3 N–H and O–H groups in total. The van der Waals surface area contributed by atoms with E-state index < -0.39 is 5.41 Å². The van der Waals surface area contributed by atoms with Crippen molar-refractivity contribution in [1.82, 2.24) is 4.90 Å². The van der Waals surface area contributed by atoms with Crippen LogP contribution in [0.5, 0.6) is 0 Å². The topological polar surface area (TPSA) is 78.9 Å². The Morgan fingerprint density at radius 3 is 2.44 bits per heavy atom. The van der Waals surface area contributed by atoms with Gasteiger partial charge in [-0.3, -0.25) is 4.79 Å². The fraction of sp³-hybridized carbons (Fsp3) is 0.818. The average molecular weight is 225 g/mol. The van der Waals surface area contributed by atoms with E-state index >= 15 is 0 Å². The number of rotatable bonds is 3. The van der Waals surface area contributed by atoms with Gasteiger partial charge in [0.05, 0.1) is 0 Å². The molecule has 0 saturated heterocycles. The second-order valence-corrected chi connectivity index (χ2v) is 5.23. The SMILES string of the molecule is CC1CC(C(=O)N(C)C2CC2)(C(N)=NO)C1. The molecule has 0 heterocycles. The summed E-state index contributed by atoms with van der Waals surface area (Å²) in [5.74, 6) is 0.559. The van der Waals surface area contributed by atoms with Crippen LogP contribution in [-0.2, 0) is 4.79 Å². The Labute approximate surface area is 95.3 Å². The monoisotopic (exact) mass is 225 g/mol. The quantitative estimate of drug-likeness (QED) is 0.322. The third-order valence-corrected chi connectivity index (χ3v) is 3.82. The summed E-state index contributed by atoms with van der Waals surface area (Å²) in [5.41, 5.74) is 4.96. The zero-order valence-corrected chi connectivity index (χ0v) is 9.81. The van der Waals surface area contributed by atoms with E-state index in [1.165, 1.54) is 0 Å². The van der Waals surface area contributed by atoms with E-state index in [4.69, 9.17) is 10.9 Å². The predicted molar refractivity (Wildman–Crippen MR) is 60.0 cm³/mol. The molecule has 0 aromatic rings. The van der Waals surface area contributed by atoms with Gasteiger partial charge in [-0.1, -0.05) is 12.1 Å². The molecule has 2 rings (SSSR count). The summed E-state index contributed by atoms with van der Waals surface area (Å²) in [5, 5.41) is 11.8. The van der Waals surface area contributed by atoms with Gasteiger partial charge in [0.1, 0.15) is 5.41 Å². The fourth-order valence-corrected chi connectivity index (χ4v) is 2.68. The van der Waals surface area contributed by atoms with Crippen LogP contribution in [0.25, 0.3) is 0 Å². The lowest BCUT2D eigenvalue weighted by molar-refractivity contribution is -0.143. The van der Waals surface area contributed by atoms with Crippen LogP contribution in [0, 0.1) is 11.3 Å². The van der Waals surface area contributed by atoms with Crippen LogP contribution in [0.1, 0.15) is 32.6 Å². The van der Waals surface area contributed by atoms with Gasteiger partial charge in [0, 0.05) is 13.1 Å². The minimum absolute atomic E-state index is 0.0170. The first-order valence-corrected chi connectivity index (χ1v) is 5.76. The Hall–Kier alpha value is -1.26. The summed E-state index contributed by atoms with van der Waals surface area (Å²) in [7, 11) is 1.81. The average Bonchev–Trinajstić information content (AvgIpc) is 3.04. The number of oxime groups is 1. The van der Waals surface area contributed by atoms with Crippen molar-refractivity contribution >= 4 is 11.7 Å². The Morgan fingerprint density at radius 2 is 2.06 bits per heavy atom. The standard InChI is InChI=1S/C11H19N3O2/c1-7-5-11(6-7,9(12)13-16)10(15)14(2)8-3-4-8/h7-8,16H,3-6H2,1-2H3,(H2,12,13). The summed E-state index contributed by atoms with van der Waals surface area (Å²) in [6.45, 7) is 2.08. The van der Waals surface area contributed by atoms with Gasteiger partial charge in [0.25, 0.3) is 0 Å². The molecule has 16 heavy (non-hydrogen) atoms. The number of carbonyl (C=O) groups is 1. The molecule has 1 amide bonds. The molecule has 0 atom stereocenters. The van der Waals surface area contributed by atoms with E-state index in [0.717, 1.165) is 12.8 Å². The number of nitrogens with zero attached hydrogens (tertiary/aromatic N) is 2. The van der Waals surface area contributed by atoms with Crippen molar-refractivity contribution in [3.8, 4) is 0 Å². The molecule has 0 aromatic heterocycles. The number of carbonyl (C=O) groups excluding carboxylic acids is 1. The molecule has 0 spiro atoms. The van der Waals surface area contributed by atoms with E-state index in [-0.39, 0.29) is 11.7 Å². The first kappa shape index (κ1) is 11.2. The van der Waals surface area contributed by atoms with Crippen molar-refractivity contribution in [1.29, 1.82) is 0 Å². The molecule has 0 aliphatic heterocycles. The molecule has 90 valence electrons. The lowest BCUT2D eigenvalue weighted by atomic mass is 9.61. The molecular formula is C11H19N3O2. The molecular weight excluding hydrogens is 206 g/mol. The molecule has 5 heteroatoms. The van der Waals surface area contributed by atoms with Gasteiger partial charge in [-0.2, -0.15) is 0 Å². The summed E-state index contributed by atoms with van der Waals surface area (Å²) >= 11 is 0. The van der Waals surface area contributed by atoms with Crippen LogP contribution in [0.2, 0.25) is 0 Å². The lowest BCUT2D eigenvalue weighted by Gasteiger charge is -2.45. The number of amidine groups is 1. The van der Waals surface area contributed by atoms with Crippen molar-refractivity contribution in [2.75, 3.05) is 7.05 Å². The van der Waals surface area contributed by atoms with Crippen LogP contribution in [-0.4, -0.2) is 34.9 Å². The van der Waals surface area contributed by atoms with Crippen LogP contribution in [0.3, 0.4) is 0 Å². The number of amides is 1. The highest BCUT2D eigenvalue weighted by atomic mass is 16.4. The van der Waals surface area contributed by atoms with Gasteiger partial charge in [-0.25, -0.2) is 0 Å². The Morgan fingerprint density at radius 1 is 1.50 bits per heavy atom. The van der Waals surface area contributed by atoms with Crippen LogP contribution < -0.4 is 5.73 Å². The summed E-state index contributed by atoms with van der Waals surface area (Å²) in [6, 6.07) is 0.367. The van der Waals surface area contributed by atoms with Crippen molar-refractivity contribution in [2.24, 2.45) is 22.2 Å². The third-order valence-electron chi connectivity index (χ3n) is 3.82. The van der Waals surface area contributed by atoms with Crippen molar-refractivity contribution < 1.29 is 10.0 Å². The van der Waals surface area contributed by atoms with E-state index in [9.17, 15) is 4.79 Å². The van der Waals surface area contributed by atoms with E-state index in [1.807, 2.05) is 7.05 Å². The molecule has 2 saturated carbocycles. The minimum Gasteiger partial charge on any atom is -0.409 e. The maximum atomic E-state index is 12.3. The first-order chi connectivity index (χ1) is 7.51. The highest BCUT2D eigenvalue weighted by Gasteiger charge is 2.54. The normalized spacial score (nSPS) is 34.4. The molecule has 0 radical (unpaired) electrons. The Bertz CT molecular complexity index is 330. The second-order valence-electron chi connectivity index (χ2n) is 5.23. The zero-order chi connectivity index (χ0) is 11.9. The van der Waals surface area contributed by atoms with Gasteiger partial charge in [0.15, 0.2) is 5.84 Å². The van der Waals surface area contributed by atoms with Gasteiger partial charge < -0.3 is 15.8 Å². The highest BCUT2D eigenvalue weighted by Crippen LogP contribution is 2.48. The van der Waals surface area contributed by atoms with Gasteiger partial charge in [-0.15, -0.1) is 0 Å². The molecule has 2 aliphatic carbocycles. The summed E-state index contributed by atoms with van der Waals surface area (Å²) in [6.07, 6.45) is 3.53. The summed E-state index contributed by atoms with van der Waals surface area (Å²) < 4.78 is 0. The van der Waals surface area contributed by atoms with Crippen LogP contribution >= 0.6 is 0 Å². The van der Waals surface area contributed by atoms with E-state index in [0.29, 0.717) is 24.8 Å². The van der Waals surface area contributed by atoms with Gasteiger partial charge in [0.2, 0.25) is 5.91 Å². The molecule has 5 nitrogen and oxygen atoms in total. The van der Waals surface area contributed by atoms with Crippen molar-refractivity contribution in [2.45, 2.75) is 38.6 Å². The van der Waals surface area contributed by atoms with Crippen LogP contribution in [0.4, 0.5) is 0 Å². The number of hydrogen-bond donors (Lipinski definition) is 2. The summed E-state index contributed by atoms with van der Waals surface area (Å²) in [4.78, 5) is 14.1. The number of nitrogens with two attached hydrogens (primary N) is 1. The van der Waals surface area contributed by atoms with E-state index in [1.54, 1.807) is 4.90 Å². The van der Waals surface area contributed by atoms with Gasteiger partial charge in [-0.05, 0) is 31.6 Å². The van der Waals surface area contributed by atoms with E-state index in [2.05, 4.69) is 12.1 Å². The molecule has 0 bridgehead atoms. The van der Waals surface area contributed by atoms with Crippen molar-refractivity contribution in [3.63, 3.8) is 0 Å². The smallest absolute Gasteiger partial charge is 0.236 e. The maximum absolute atomic E-state index is 12.3. The molecule has 0 aromatic carbocycles. The van der Waals surface area contributed by atoms with Crippen molar-refractivity contribution in [3.05, 3.63) is 0 Å². The maximum Gasteiger partial charge on any atom is 0.236 e. The first-order valence-electron chi connectivity index (χ1n) is 5.76. The molecule has 0 unspecified atom stereocenters. The second kappa shape index (κ2) is 3.64. The molecule has 2 fully saturated rings. The highest BCUT2D eigenvalue weighted by molar-refractivity contribution is 6.07. The zero-order valence-electron chi connectivity index (χ0n) is 9.81. The predicted octanol–water partition coefficient (Wildman–Crippen LogP) is 0.770. The Balaban J connectivity index is 2.16. The van der Waals surface area contributed by atoms with Gasteiger partial charge >= 0.3 is 0 Å². The lowest BCUT2D eigenvalue weighted by Crippen LogP contribution is -2.57. The van der Waals surface area contributed by atoms with Crippen LogP contribution in [0.15, 0.2) is 5.16 Å². The third kappa shape index (κ3) is 1.54. The molecule has 2 aliphatic rings. The Kier molecular flexibility index (Phi) is 2.56. The number of hydrogen-bond acceptors (Lipinski definition) is 3. The minimum atomic E-state index is -0.731. The fourth-order valence-electron chi connectivity index (χ4n) is 2.68.